The Morgan fingerprint density at radius 1 is 1.67 bits per heavy atom. The molecule has 1 rings (SSSR count). The van der Waals surface area contributed by atoms with Gasteiger partial charge >= 0.3 is 0 Å². The Morgan fingerprint density at radius 3 is 2.92 bits per heavy atom. The van der Waals surface area contributed by atoms with Crippen LogP contribution in [0.2, 0.25) is 0 Å². The summed E-state index contributed by atoms with van der Waals surface area (Å²) >= 11 is -1.10. The molecule has 0 saturated heterocycles. The van der Waals surface area contributed by atoms with Crippen molar-refractivity contribution in [1.29, 1.82) is 0 Å². The molecule has 0 heterocycles. The van der Waals surface area contributed by atoms with Crippen LogP contribution >= 0.6 is 0 Å². The van der Waals surface area contributed by atoms with E-state index in [2.05, 4.69) is 13.5 Å². The van der Waals surface area contributed by atoms with E-state index in [9.17, 15) is 4.21 Å². The van der Waals surface area contributed by atoms with E-state index in [1.165, 1.54) is 12.8 Å². The monoisotopic (exact) mass is 188 g/mol. The van der Waals surface area contributed by atoms with Gasteiger partial charge in [0, 0.05) is 0 Å². The third-order valence-corrected chi connectivity index (χ3v) is 3.90. The number of hydrogen-bond donors (Lipinski definition) is 0. The fourth-order valence-corrected chi connectivity index (χ4v) is 2.88. The first kappa shape index (κ1) is 9.93. The SMILES string of the molecule is C=CCOS(=O)C1CCCC1C. The average Bonchev–Trinajstić information content (AvgIpc) is 2.47. The summed E-state index contributed by atoms with van der Waals surface area (Å²) in [4.78, 5) is 0. The van der Waals surface area contributed by atoms with Gasteiger partial charge < -0.3 is 0 Å². The minimum atomic E-state index is -1.10. The average molecular weight is 188 g/mol. The van der Waals surface area contributed by atoms with Crippen LogP contribution in [-0.2, 0) is 15.3 Å². The third-order valence-electron chi connectivity index (χ3n) is 2.33. The summed E-state index contributed by atoms with van der Waals surface area (Å²) in [5, 5.41) is 0.255. The first-order chi connectivity index (χ1) is 5.75. The van der Waals surface area contributed by atoms with Crippen LogP contribution in [0, 0.1) is 5.92 Å². The highest BCUT2D eigenvalue weighted by molar-refractivity contribution is 7.80. The van der Waals surface area contributed by atoms with E-state index in [0.717, 1.165) is 6.42 Å². The van der Waals surface area contributed by atoms with Crippen LogP contribution in [-0.4, -0.2) is 16.1 Å². The summed E-state index contributed by atoms with van der Waals surface area (Å²) in [6.07, 6.45) is 5.06. The quantitative estimate of drug-likeness (QED) is 0.631. The molecular formula is C9H16O2S. The lowest BCUT2D eigenvalue weighted by Gasteiger charge is -2.12. The van der Waals surface area contributed by atoms with Crippen molar-refractivity contribution < 1.29 is 8.39 Å². The molecule has 2 nitrogen and oxygen atoms in total. The number of rotatable bonds is 4. The molecule has 0 aromatic carbocycles. The van der Waals surface area contributed by atoms with Crippen molar-refractivity contribution in [1.82, 2.24) is 0 Å². The van der Waals surface area contributed by atoms with Gasteiger partial charge in [0.2, 0.25) is 0 Å². The Kier molecular flexibility index (Phi) is 3.95. The molecule has 1 fully saturated rings. The Morgan fingerprint density at radius 2 is 2.42 bits per heavy atom. The van der Waals surface area contributed by atoms with Gasteiger partial charge in [-0.1, -0.05) is 19.4 Å². The van der Waals surface area contributed by atoms with Crippen LogP contribution in [0.5, 0.6) is 0 Å². The highest BCUT2D eigenvalue weighted by Crippen LogP contribution is 2.29. The minimum absolute atomic E-state index is 0.255. The molecule has 0 amide bonds. The zero-order chi connectivity index (χ0) is 8.97. The molecule has 0 bridgehead atoms. The van der Waals surface area contributed by atoms with Gasteiger partial charge in [0.1, 0.15) is 0 Å². The minimum Gasteiger partial charge on any atom is -0.286 e. The van der Waals surface area contributed by atoms with Crippen LogP contribution in [0.15, 0.2) is 12.7 Å². The molecular weight excluding hydrogens is 172 g/mol. The number of hydrogen-bond acceptors (Lipinski definition) is 2. The summed E-state index contributed by atoms with van der Waals surface area (Å²) in [5.74, 6) is 0.552. The van der Waals surface area contributed by atoms with Crippen LogP contribution < -0.4 is 0 Å². The molecule has 3 atom stereocenters. The summed E-state index contributed by atoms with van der Waals surface area (Å²) in [5.41, 5.74) is 0. The van der Waals surface area contributed by atoms with Crippen molar-refractivity contribution in [3.63, 3.8) is 0 Å². The summed E-state index contributed by atoms with van der Waals surface area (Å²) in [6, 6.07) is 0. The van der Waals surface area contributed by atoms with Crippen LogP contribution in [0.25, 0.3) is 0 Å². The molecule has 12 heavy (non-hydrogen) atoms. The Hall–Kier alpha value is -0.150. The molecule has 3 heteroatoms. The second-order valence-electron chi connectivity index (χ2n) is 3.28. The topological polar surface area (TPSA) is 26.3 Å². The first-order valence-corrected chi connectivity index (χ1v) is 5.54. The molecule has 0 radical (unpaired) electrons. The molecule has 1 aliphatic rings. The maximum atomic E-state index is 11.5. The molecule has 0 N–H and O–H groups in total. The molecule has 3 unspecified atom stereocenters. The lowest BCUT2D eigenvalue weighted by molar-refractivity contribution is 0.382. The van der Waals surface area contributed by atoms with Crippen molar-refractivity contribution in [3.05, 3.63) is 12.7 Å². The van der Waals surface area contributed by atoms with E-state index in [-0.39, 0.29) is 5.25 Å². The van der Waals surface area contributed by atoms with Gasteiger partial charge in [0.05, 0.1) is 11.9 Å². The molecule has 70 valence electrons. The fraction of sp³-hybridized carbons (Fsp3) is 0.778. The first-order valence-electron chi connectivity index (χ1n) is 4.40. The van der Waals surface area contributed by atoms with Crippen LogP contribution in [0.4, 0.5) is 0 Å². The van der Waals surface area contributed by atoms with E-state index >= 15 is 0 Å². The normalized spacial score (nSPS) is 31.8. The van der Waals surface area contributed by atoms with Crippen LogP contribution in [0.3, 0.4) is 0 Å². The maximum Gasteiger partial charge on any atom is 0.159 e. The molecule has 0 aromatic rings. The fourth-order valence-electron chi connectivity index (χ4n) is 1.60. The van der Waals surface area contributed by atoms with Gasteiger partial charge in [0.15, 0.2) is 11.1 Å². The summed E-state index contributed by atoms with van der Waals surface area (Å²) in [6.45, 7) is 6.06. The summed E-state index contributed by atoms with van der Waals surface area (Å²) in [7, 11) is 0. The Bertz CT molecular complexity index is 179. The van der Waals surface area contributed by atoms with Crippen molar-refractivity contribution >= 4 is 11.1 Å². The second-order valence-corrected chi connectivity index (χ2v) is 4.64. The van der Waals surface area contributed by atoms with Gasteiger partial charge in [-0.3, -0.25) is 4.18 Å². The molecule has 1 saturated carbocycles. The van der Waals surface area contributed by atoms with E-state index in [1.54, 1.807) is 6.08 Å². The molecule has 1 aliphatic carbocycles. The zero-order valence-electron chi connectivity index (χ0n) is 7.49. The van der Waals surface area contributed by atoms with Gasteiger partial charge in [0.25, 0.3) is 0 Å². The van der Waals surface area contributed by atoms with E-state index in [1.807, 2.05) is 0 Å². The highest BCUT2D eigenvalue weighted by Gasteiger charge is 2.29. The lowest BCUT2D eigenvalue weighted by Crippen LogP contribution is -2.19. The largest absolute Gasteiger partial charge is 0.286 e. The predicted molar refractivity (Wildman–Crippen MR) is 51.1 cm³/mol. The van der Waals surface area contributed by atoms with Crippen LogP contribution in [0.1, 0.15) is 26.2 Å². The van der Waals surface area contributed by atoms with Crippen molar-refractivity contribution in [2.24, 2.45) is 5.92 Å². The molecule has 0 spiro atoms. The van der Waals surface area contributed by atoms with Crippen molar-refractivity contribution in [2.75, 3.05) is 6.61 Å². The lowest BCUT2D eigenvalue weighted by atomic mass is 10.1. The maximum absolute atomic E-state index is 11.5. The van der Waals surface area contributed by atoms with Gasteiger partial charge in [-0.25, -0.2) is 4.21 Å². The third kappa shape index (κ3) is 2.42. The Balaban J connectivity index is 2.35. The molecule has 0 aromatic heterocycles. The van der Waals surface area contributed by atoms with Gasteiger partial charge in [-0.15, -0.1) is 6.58 Å². The van der Waals surface area contributed by atoms with E-state index in [4.69, 9.17) is 4.18 Å². The summed E-state index contributed by atoms with van der Waals surface area (Å²) < 4.78 is 16.6. The van der Waals surface area contributed by atoms with E-state index < -0.39 is 11.1 Å². The molecule has 0 aliphatic heterocycles. The standard InChI is InChI=1S/C9H16O2S/c1-3-7-11-12(10)9-6-4-5-8(9)2/h3,8-9H,1,4-7H2,2H3. The smallest absolute Gasteiger partial charge is 0.159 e. The van der Waals surface area contributed by atoms with Crippen molar-refractivity contribution in [3.8, 4) is 0 Å². The Labute approximate surface area is 76.7 Å². The van der Waals surface area contributed by atoms with E-state index in [0.29, 0.717) is 12.5 Å². The van der Waals surface area contributed by atoms with Gasteiger partial charge in [-0.2, -0.15) is 0 Å². The van der Waals surface area contributed by atoms with Gasteiger partial charge in [-0.05, 0) is 18.8 Å². The zero-order valence-corrected chi connectivity index (χ0v) is 8.31. The predicted octanol–water partition coefficient (Wildman–Crippen LogP) is 2.04. The second kappa shape index (κ2) is 4.77. The highest BCUT2D eigenvalue weighted by atomic mass is 32.2. The van der Waals surface area contributed by atoms with Crippen molar-refractivity contribution in [2.45, 2.75) is 31.4 Å².